The summed E-state index contributed by atoms with van der Waals surface area (Å²) >= 11 is 0. The molecule has 0 aliphatic rings. The second kappa shape index (κ2) is 9.35. The minimum Gasteiger partial charge on any atom is -0.497 e. The number of amides is 1. The Morgan fingerprint density at radius 2 is 1.91 bits per heavy atom. The van der Waals surface area contributed by atoms with Gasteiger partial charge in [-0.2, -0.15) is 0 Å². The number of unbranched alkanes of at least 4 members (excludes halogenated alkanes) is 2. The number of rotatable bonds is 10. The summed E-state index contributed by atoms with van der Waals surface area (Å²) < 4.78 is 30.8. The van der Waals surface area contributed by atoms with E-state index in [4.69, 9.17) is 10.5 Å². The summed E-state index contributed by atoms with van der Waals surface area (Å²) in [5.74, 6) is -2.54. The lowest BCUT2D eigenvalue weighted by Crippen LogP contribution is -2.41. The number of hydrogen-bond acceptors (Lipinski definition) is 3. The average Bonchev–Trinajstić information content (AvgIpc) is 2.53. The third-order valence-corrected chi connectivity index (χ3v) is 3.37. The maximum absolute atomic E-state index is 12.8. The molecule has 0 aliphatic heterocycles. The van der Waals surface area contributed by atoms with Crippen LogP contribution >= 0.6 is 0 Å². The summed E-state index contributed by atoms with van der Waals surface area (Å²) in [5.41, 5.74) is 6.11. The van der Waals surface area contributed by atoms with E-state index in [-0.39, 0.29) is 12.3 Å². The van der Waals surface area contributed by atoms with E-state index in [2.05, 4.69) is 5.32 Å². The molecule has 0 aromatic heterocycles. The fraction of sp³-hybridized carbons (Fsp3) is 0.562. The molecule has 0 aliphatic carbocycles. The van der Waals surface area contributed by atoms with Crippen LogP contribution in [0.1, 0.15) is 31.2 Å². The zero-order chi connectivity index (χ0) is 16.4. The Hall–Kier alpha value is -1.69. The van der Waals surface area contributed by atoms with E-state index < -0.39 is 19.0 Å². The van der Waals surface area contributed by atoms with Gasteiger partial charge >= 0.3 is 0 Å². The maximum atomic E-state index is 12.8. The molecule has 0 saturated heterocycles. The fourth-order valence-corrected chi connectivity index (χ4v) is 1.97. The molecular weight excluding hydrogens is 290 g/mol. The Labute approximate surface area is 130 Å². The number of hydrogen-bond donors (Lipinski definition) is 2. The number of methoxy groups -OCH3 is 1. The highest BCUT2D eigenvalue weighted by atomic mass is 19.3. The number of nitrogens with one attached hydrogen (secondary N) is 1. The largest absolute Gasteiger partial charge is 0.497 e. The van der Waals surface area contributed by atoms with Crippen LogP contribution in [-0.2, 0) is 11.2 Å². The topological polar surface area (TPSA) is 64.3 Å². The lowest BCUT2D eigenvalue weighted by atomic mass is 10.1. The van der Waals surface area contributed by atoms with E-state index >= 15 is 0 Å². The number of halogens is 2. The summed E-state index contributed by atoms with van der Waals surface area (Å²) in [6.45, 7) is -1.44. The molecule has 0 fully saturated rings. The van der Waals surface area contributed by atoms with E-state index in [0.29, 0.717) is 6.42 Å². The quantitative estimate of drug-likeness (QED) is 0.652. The normalized spacial score (nSPS) is 11.3. The van der Waals surface area contributed by atoms with Crippen LogP contribution in [0.5, 0.6) is 5.75 Å². The van der Waals surface area contributed by atoms with E-state index in [9.17, 15) is 13.6 Å². The third kappa shape index (κ3) is 7.36. The summed E-state index contributed by atoms with van der Waals surface area (Å²) in [6, 6.07) is 7.86. The Balaban J connectivity index is 2.10. The molecule has 0 atom stereocenters. The van der Waals surface area contributed by atoms with Gasteiger partial charge in [0.15, 0.2) is 0 Å². The molecule has 0 bridgehead atoms. The molecular formula is C16H24F2N2O2. The lowest BCUT2D eigenvalue weighted by molar-refractivity contribution is -0.123. The van der Waals surface area contributed by atoms with Crippen LogP contribution in [0.25, 0.3) is 0 Å². The minimum atomic E-state index is -3.02. The standard InChI is InChI=1S/C16H24F2N2O2/c1-22-14-9-7-13(8-10-14)5-3-2-4-6-15(21)20-12-16(17,18)11-19/h7-10H,2-6,11-12,19H2,1H3,(H,20,21). The van der Waals surface area contributed by atoms with Gasteiger partial charge in [0.2, 0.25) is 5.91 Å². The van der Waals surface area contributed by atoms with Gasteiger partial charge in [-0.25, -0.2) is 8.78 Å². The van der Waals surface area contributed by atoms with Crippen molar-refractivity contribution in [2.45, 2.75) is 38.0 Å². The minimum absolute atomic E-state index is 0.267. The van der Waals surface area contributed by atoms with Crippen molar-refractivity contribution < 1.29 is 18.3 Å². The SMILES string of the molecule is COc1ccc(CCCCCC(=O)NCC(F)(F)CN)cc1. The summed E-state index contributed by atoms with van der Waals surface area (Å²) in [4.78, 5) is 11.4. The van der Waals surface area contributed by atoms with E-state index in [1.807, 2.05) is 24.3 Å². The molecule has 0 spiro atoms. The van der Waals surface area contributed by atoms with Crippen LogP contribution < -0.4 is 15.8 Å². The number of ether oxygens (including phenoxy) is 1. The number of carbonyl (C=O) groups excluding carboxylic acids is 1. The Morgan fingerprint density at radius 1 is 1.23 bits per heavy atom. The highest BCUT2D eigenvalue weighted by Gasteiger charge is 2.26. The number of alkyl halides is 2. The molecule has 124 valence electrons. The zero-order valence-electron chi connectivity index (χ0n) is 12.9. The summed E-state index contributed by atoms with van der Waals surface area (Å²) in [6.07, 6.45) is 3.72. The van der Waals surface area contributed by atoms with Crippen LogP contribution in [-0.4, -0.2) is 32.0 Å². The molecule has 22 heavy (non-hydrogen) atoms. The van der Waals surface area contributed by atoms with E-state index in [1.54, 1.807) is 7.11 Å². The first-order chi connectivity index (χ1) is 10.5. The maximum Gasteiger partial charge on any atom is 0.277 e. The number of nitrogens with two attached hydrogens (primary N) is 1. The second-order valence-corrected chi connectivity index (χ2v) is 5.25. The van der Waals surface area contributed by atoms with Crippen LogP contribution in [0, 0.1) is 0 Å². The molecule has 0 heterocycles. The number of benzene rings is 1. The van der Waals surface area contributed by atoms with Crippen molar-refractivity contribution in [3.8, 4) is 5.75 Å². The smallest absolute Gasteiger partial charge is 0.277 e. The van der Waals surface area contributed by atoms with Crippen molar-refractivity contribution in [3.05, 3.63) is 29.8 Å². The van der Waals surface area contributed by atoms with Crippen molar-refractivity contribution >= 4 is 5.91 Å². The van der Waals surface area contributed by atoms with Crippen LogP contribution in [0.15, 0.2) is 24.3 Å². The molecule has 1 amide bonds. The first-order valence-electron chi connectivity index (χ1n) is 7.44. The monoisotopic (exact) mass is 314 g/mol. The van der Waals surface area contributed by atoms with Crippen molar-refractivity contribution in [1.29, 1.82) is 0 Å². The van der Waals surface area contributed by atoms with Gasteiger partial charge in [0.25, 0.3) is 5.92 Å². The predicted octanol–water partition coefficient (Wildman–Crippen LogP) is 2.51. The third-order valence-electron chi connectivity index (χ3n) is 3.37. The van der Waals surface area contributed by atoms with Crippen molar-refractivity contribution in [2.75, 3.05) is 20.2 Å². The molecule has 0 unspecified atom stereocenters. The van der Waals surface area contributed by atoms with Gasteiger partial charge in [-0.3, -0.25) is 4.79 Å². The number of carbonyl (C=O) groups is 1. The molecule has 4 nitrogen and oxygen atoms in total. The van der Waals surface area contributed by atoms with Crippen molar-refractivity contribution in [3.63, 3.8) is 0 Å². The van der Waals surface area contributed by atoms with Crippen molar-refractivity contribution in [2.24, 2.45) is 5.73 Å². The Bertz CT molecular complexity index is 450. The van der Waals surface area contributed by atoms with Crippen LogP contribution in [0.3, 0.4) is 0 Å². The predicted molar refractivity (Wildman–Crippen MR) is 82.2 cm³/mol. The van der Waals surface area contributed by atoms with E-state index in [0.717, 1.165) is 25.0 Å². The molecule has 1 aromatic carbocycles. The van der Waals surface area contributed by atoms with Gasteiger partial charge in [0.05, 0.1) is 20.2 Å². The first kappa shape index (κ1) is 18.4. The van der Waals surface area contributed by atoms with Crippen LogP contribution in [0.2, 0.25) is 0 Å². The average molecular weight is 314 g/mol. The second-order valence-electron chi connectivity index (χ2n) is 5.25. The lowest BCUT2D eigenvalue weighted by Gasteiger charge is -2.14. The van der Waals surface area contributed by atoms with Gasteiger partial charge in [-0.15, -0.1) is 0 Å². The molecule has 6 heteroatoms. The molecule has 0 radical (unpaired) electrons. The van der Waals surface area contributed by atoms with Gasteiger partial charge in [0, 0.05) is 6.42 Å². The Morgan fingerprint density at radius 3 is 2.50 bits per heavy atom. The molecule has 3 N–H and O–H groups in total. The molecule has 1 rings (SSSR count). The highest BCUT2D eigenvalue weighted by molar-refractivity contribution is 5.75. The van der Waals surface area contributed by atoms with Crippen LogP contribution in [0.4, 0.5) is 8.78 Å². The van der Waals surface area contributed by atoms with Gasteiger partial charge in [-0.05, 0) is 37.0 Å². The zero-order valence-corrected chi connectivity index (χ0v) is 12.9. The first-order valence-corrected chi connectivity index (χ1v) is 7.44. The number of aryl methyl sites for hydroxylation is 1. The highest BCUT2D eigenvalue weighted by Crippen LogP contribution is 2.14. The van der Waals surface area contributed by atoms with Gasteiger partial charge in [-0.1, -0.05) is 18.6 Å². The summed E-state index contributed by atoms with van der Waals surface area (Å²) in [7, 11) is 1.63. The van der Waals surface area contributed by atoms with Gasteiger partial charge < -0.3 is 15.8 Å². The van der Waals surface area contributed by atoms with Gasteiger partial charge in [0.1, 0.15) is 5.75 Å². The molecule has 0 saturated carbocycles. The Kier molecular flexibility index (Phi) is 7.80. The summed E-state index contributed by atoms with van der Waals surface area (Å²) in [5, 5.41) is 2.21. The van der Waals surface area contributed by atoms with E-state index in [1.165, 1.54) is 5.56 Å². The fourth-order valence-electron chi connectivity index (χ4n) is 1.97. The van der Waals surface area contributed by atoms with Crippen molar-refractivity contribution in [1.82, 2.24) is 5.32 Å². The molecule has 1 aromatic rings.